The van der Waals surface area contributed by atoms with Crippen molar-refractivity contribution in [1.82, 2.24) is 10.7 Å². The molecule has 0 saturated carbocycles. The number of hydrazone groups is 1. The third-order valence-corrected chi connectivity index (χ3v) is 3.63. The van der Waals surface area contributed by atoms with E-state index in [2.05, 4.69) is 15.8 Å². The summed E-state index contributed by atoms with van der Waals surface area (Å²) >= 11 is 0. The molecule has 27 heavy (non-hydrogen) atoms. The maximum atomic E-state index is 12.0. The lowest BCUT2D eigenvalue weighted by molar-refractivity contribution is -0.120. The fourth-order valence-electron chi connectivity index (χ4n) is 2.17. The third-order valence-electron chi connectivity index (χ3n) is 3.63. The number of phenolic OH excluding ortho intramolecular Hbond substituents is 1. The van der Waals surface area contributed by atoms with Crippen LogP contribution in [-0.4, -0.2) is 43.9 Å². The van der Waals surface area contributed by atoms with Gasteiger partial charge in [-0.3, -0.25) is 9.59 Å². The zero-order chi connectivity index (χ0) is 19.6. The van der Waals surface area contributed by atoms with Gasteiger partial charge in [-0.2, -0.15) is 5.10 Å². The number of carbonyl (C=O) groups is 2. The van der Waals surface area contributed by atoms with E-state index in [0.717, 1.165) is 0 Å². The van der Waals surface area contributed by atoms with Crippen molar-refractivity contribution in [2.75, 3.05) is 20.8 Å². The molecule has 8 nitrogen and oxygen atoms in total. The predicted molar refractivity (Wildman–Crippen MR) is 100 cm³/mol. The highest BCUT2D eigenvalue weighted by molar-refractivity contribution is 5.94. The molecular weight excluding hydrogens is 350 g/mol. The second-order valence-electron chi connectivity index (χ2n) is 5.43. The van der Waals surface area contributed by atoms with Crippen molar-refractivity contribution in [2.45, 2.75) is 6.42 Å². The number of methoxy groups -OCH3 is 2. The van der Waals surface area contributed by atoms with E-state index in [1.807, 2.05) is 0 Å². The van der Waals surface area contributed by atoms with Crippen molar-refractivity contribution in [1.29, 1.82) is 0 Å². The zero-order valence-electron chi connectivity index (χ0n) is 15.1. The van der Waals surface area contributed by atoms with E-state index in [4.69, 9.17) is 9.47 Å². The highest BCUT2D eigenvalue weighted by Crippen LogP contribution is 2.27. The van der Waals surface area contributed by atoms with E-state index in [0.29, 0.717) is 22.6 Å². The minimum absolute atomic E-state index is 0.0589. The summed E-state index contributed by atoms with van der Waals surface area (Å²) in [6.07, 6.45) is 1.37. The number of para-hydroxylation sites is 1. The minimum atomic E-state index is -0.372. The number of nitrogens with one attached hydrogen (secondary N) is 2. The van der Waals surface area contributed by atoms with E-state index in [1.54, 1.807) is 49.6 Å². The van der Waals surface area contributed by atoms with Crippen LogP contribution in [0.5, 0.6) is 17.2 Å². The Morgan fingerprint density at radius 3 is 2.52 bits per heavy atom. The van der Waals surface area contributed by atoms with Gasteiger partial charge in [-0.15, -0.1) is 0 Å². The van der Waals surface area contributed by atoms with Gasteiger partial charge >= 0.3 is 0 Å². The first-order chi connectivity index (χ1) is 13.0. The molecule has 8 heteroatoms. The lowest BCUT2D eigenvalue weighted by atomic mass is 10.2. The van der Waals surface area contributed by atoms with E-state index in [1.165, 1.54) is 13.3 Å². The number of nitrogens with zero attached hydrogens (tertiary/aromatic N) is 1. The topological polar surface area (TPSA) is 109 Å². The van der Waals surface area contributed by atoms with Gasteiger partial charge < -0.3 is 19.9 Å². The summed E-state index contributed by atoms with van der Waals surface area (Å²) in [5, 5.41) is 16.4. The molecule has 0 aliphatic carbocycles. The van der Waals surface area contributed by atoms with Gasteiger partial charge in [0.25, 0.3) is 5.91 Å². The van der Waals surface area contributed by atoms with Crippen LogP contribution in [-0.2, 0) is 4.79 Å². The summed E-state index contributed by atoms with van der Waals surface area (Å²) in [5.74, 6) is 0.251. The summed E-state index contributed by atoms with van der Waals surface area (Å²) in [6, 6.07) is 11.6. The molecule has 3 N–H and O–H groups in total. The first-order valence-corrected chi connectivity index (χ1v) is 8.15. The molecule has 2 amide bonds. The Morgan fingerprint density at radius 1 is 1.11 bits per heavy atom. The van der Waals surface area contributed by atoms with E-state index in [9.17, 15) is 14.7 Å². The van der Waals surface area contributed by atoms with Crippen molar-refractivity contribution in [3.63, 3.8) is 0 Å². The summed E-state index contributed by atoms with van der Waals surface area (Å²) in [6.45, 7) is 0.163. The van der Waals surface area contributed by atoms with Gasteiger partial charge in [-0.05, 0) is 36.4 Å². The molecule has 2 rings (SSSR count). The number of benzene rings is 2. The standard InChI is InChI=1S/C19H21N3O5/c1-26-15-8-6-13(7-9-15)19(25)20-11-10-17(23)22-21-12-14-4-3-5-16(27-2)18(14)24/h3-9,12,24H,10-11H2,1-2H3,(H,20,25)(H,22,23)/b21-12+. The van der Waals surface area contributed by atoms with Crippen molar-refractivity contribution in [3.05, 3.63) is 53.6 Å². The number of carbonyl (C=O) groups excluding carboxylic acids is 2. The van der Waals surface area contributed by atoms with Crippen molar-refractivity contribution in [2.24, 2.45) is 5.10 Å². The van der Waals surface area contributed by atoms with Crippen LogP contribution in [0.25, 0.3) is 0 Å². The molecule has 0 aliphatic rings. The number of amides is 2. The predicted octanol–water partition coefficient (Wildman–Crippen LogP) is 1.68. The number of hydrogen-bond acceptors (Lipinski definition) is 6. The highest BCUT2D eigenvalue weighted by Gasteiger charge is 2.07. The van der Waals surface area contributed by atoms with Crippen LogP contribution in [0.1, 0.15) is 22.3 Å². The van der Waals surface area contributed by atoms with Gasteiger partial charge in [0.2, 0.25) is 5.91 Å². The Hall–Kier alpha value is -3.55. The van der Waals surface area contributed by atoms with Crippen molar-refractivity contribution in [3.8, 4) is 17.2 Å². The molecule has 2 aromatic rings. The Labute approximate surface area is 156 Å². The molecule has 0 fully saturated rings. The monoisotopic (exact) mass is 371 g/mol. The molecule has 142 valence electrons. The second kappa shape index (κ2) is 9.81. The van der Waals surface area contributed by atoms with Gasteiger partial charge in [0.05, 0.1) is 20.4 Å². The normalized spacial score (nSPS) is 10.4. The van der Waals surface area contributed by atoms with Crippen LogP contribution in [0.2, 0.25) is 0 Å². The molecule has 0 heterocycles. The molecule has 0 bridgehead atoms. The number of aromatic hydroxyl groups is 1. The quantitative estimate of drug-likeness (QED) is 0.483. The Morgan fingerprint density at radius 2 is 1.85 bits per heavy atom. The smallest absolute Gasteiger partial charge is 0.251 e. The first-order valence-electron chi connectivity index (χ1n) is 8.15. The third kappa shape index (κ3) is 5.74. The van der Waals surface area contributed by atoms with E-state index < -0.39 is 0 Å². The maximum absolute atomic E-state index is 12.0. The summed E-state index contributed by atoms with van der Waals surface area (Å²) in [4.78, 5) is 23.7. The minimum Gasteiger partial charge on any atom is -0.504 e. The average molecular weight is 371 g/mol. The zero-order valence-corrected chi connectivity index (χ0v) is 15.1. The molecule has 2 aromatic carbocycles. The first kappa shape index (κ1) is 19.8. The Bertz CT molecular complexity index is 819. The molecule has 0 aliphatic heterocycles. The number of ether oxygens (including phenoxy) is 2. The number of hydrogen-bond donors (Lipinski definition) is 3. The molecule has 0 atom stereocenters. The van der Waals surface area contributed by atoms with Crippen molar-refractivity contribution >= 4 is 18.0 Å². The van der Waals surface area contributed by atoms with E-state index >= 15 is 0 Å². The van der Waals surface area contributed by atoms with Crippen LogP contribution in [0.4, 0.5) is 0 Å². The van der Waals surface area contributed by atoms with Gasteiger partial charge in [-0.25, -0.2) is 5.43 Å². The number of phenols is 1. The molecular formula is C19H21N3O5. The Kier molecular flexibility index (Phi) is 7.18. The lowest BCUT2D eigenvalue weighted by Gasteiger charge is -2.06. The SMILES string of the molecule is COc1ccc(C(=O)NCCC(=O)N/N=C/c2cccc(OC)c2O)cc1. The lowest BCUT2D eigenvalue weighted by Crippen LogP contribution is -2.29. The van der Waals surface area contributed by atoms with Crippen LogP contribution in [0.3, 0.4) is 0 Å². The second-order valence-corrected chi connectivity index (χ2v) is 5.43. The van der Waals surface area contributed by atoms with Crippen LogP contribution >= 0.6 is 0 Å². The van der Waals surface area contributed by atoms with E-state index in [-0.39, 0.29) is 30.5 Å². The van der Waals surface area contributed by atoms with Crippen LogP contribution < -0.4 is 20.2 Å². The fourth-order valence-corrected chi connectivity index (χ4v) is 2.17. The van der Waals surface area contributed by atoms with Gasteiger partial charge in [0, 0.05) is 24.1 Å². The summed E-state index contributed by atoms with van der Waals surface area (Å²) in [7, 11) is 2.99. The summed E-state index contributed by atoms with van der Waals surface area (Å²) < 4.78 is 10.0. The highest BCUT2D eigenvalue weighted by atomic mass is 16.5. The molecule has 0 unspecified atom stereocenters. The van der Waals surface area contributed by atoms with Crippen LogP contribution in [0, 0.1) is 0 Å². The molecule has 0 spiro atoms. The van der Waals surface area contributed by atoms with Gasteiger partial charge in [0.1, 0.15) is 5.75 Å². The molecule has 0 saturated heterocycles. The van der Waals surface area contributed by atoms with Crippen LogP contribution in [0.15, 0.2) is 47.6 Å². The molecule has 0 aromatic heterocycles. The largest absolute Gasteiger partial charge is 0.504 e. The molecule has 0 radical (unpaired) electrons. The van der Waals surface area contributed by atoms with Gasteiger partial charge in [-0.1, -0.05) is 6.07 Å². The summed E-state index contributed by atoms with van der Waals surface area (Å²) in [5.41, 5.74) is 3.21. The van der Waals surface area contributed by atoms with Crippen molar-refractivity contribution < 1.29 is 24.2 Å². The van der Waals surface area contributed by atoms with Gasteiger partial charge in [0.15, 0.2) is 11.5 Å². The number of rotatable bonds is 8. The average Bonchev–Trinajstić information content (AvgIpc) is 2.69. The maximum Gasteiger partial charge on any atom is 0.251 e. The Balaban J connectivity index is 1.76. The fraction of sp³-hybridized carbons (Fsp3) is 0.211.